The van der Waals surface area contributed by atoms with Gasteiger partial charge in [-0.15, -0.1) is 0 Å². The average Bonchev–Trinajstić information content (AvgIpc) is 2.54. The summed E-state index contributed by atoms with van der Waals surface area (Å²) >= 11 is 0. The molecule has 0 aliphatic heterocycles. The van der Waals surface area contributed by atoms with Crippen LogP contribution in [0.15, 0.2) is 24.4 Å². The van der Waals surface area contributed by atoms with E-state index in [1.165, 1.54) is 6.42 Å². The van der Waals surface area contributed by atoms with Crippen molar-refractivity contribution < 1.29 is 9.59 Å². The van der Waals surface area contributed by atoms with E-state index in [1.807, 2.05) is 25.1 Å². The Kier molecular flexibility index (Phi) is 5.72. The SMILES string of the molecule is C[C@H](NC(=O)CNC(=O)C1CCCCC1)c1ccccn1. The molecule has 2 rings (SSSR count). The van der Waals surface area contributed by atoms with E-state index < -0.39 is 0 Å². The monoisotopic (exact) mass is 289 g/mol. The lowest BCUT2D eigenvalue weighted by molar-refractivity contribution is -0.129. The van der Waals surface area contributed by atoms with Crippen molar-refractivity contribution in [2.45, 2.75) is 45.1 Å². The van der Waals surface area contributed by atoms with Crippen molar-refractivity contribution >= 4 is 11.8 Å². The van der Waals surface area contributed by atoms with Crippen LogP contribution in [-0.4, -0.2) is 23.3 Å². The van der Waals surface area contributed by atoms with Crippen LogP contribution in [0.1, 0.15) is 50.8 Å². The summed E-state index contributed by atoms with van der Waals surface area (Å²) in [5, 5.41) is 5.58. The fourth-order valence-corrected chi connectivity index (χ4v) is 2.68. The van der Waals surface area contributed by atoms with Crippen molar-refractivity contribution in [1.29, 1.82) is 0 Å². The van der Waals surface area contributed by atoms with Gasteiger partial charge in [-0.3, -0.25) is 14.6 Å². The summed E-state index contributed by atoms with van der Waals surface area (Å²) < 4.78 is 0. The van der Waals surface area contributed by atoms with Gasteiger partial charge >= 0.3 is 0 Å². The molecule has 5 heteroatoms. The number of rotatable bonds is 5. The van der Waals surface area contributed by atoms with Crippen LogP contribution >= 0.6 is 0 Å². The van der Waals surface area contributed by atoms with E-state index in [1.54, 1.807) is 6.20 Å². The van der Waals surface area contributed by atoms with E-state index in [9.17, 15) is 9.59 Å². The summed E-state index contributed by atoms with van der Waals surface area (Å²) in [5.74, 6) is -0.0904. The number of aromatic nitrogens is 1. The maximum Gasteiger partial charge on any atom is 0.239 e. The topological polar surface area (TPSA) is 71.1 Å². The van der Waals surface area contributed by atoms with Crippen molar-refractivity contribution in [1.82, 2.24) is 15.6 Å². The number of pyridine rings is 1. The van der Waals surface area contributed by atoms with Gasteiger partial charge in [0.15, 0.2) is 0 Å². The highest BCUT2D eigenvalue weighted by Crippen LogP contribution is 2.23. The molecule has 2 N–H and O–H groups in total. The highest BCUT2D eigenvalue weighted by atomic mass is 16.2. The van der Waals surface area contributed by atoms with Crippen LogP contribution in [0.5, 0.6) is 0 Å². The molecule has 0 saturated heterocycles. The minimum atomic E-state index is -0.183. The molecule has 1 aliphatic carbocycles. The highest BCUT2D eigenvalue weighted by Gasteiger charge is 2.21. The van der Waals surface area contributed by atoms with Gasteiger partial charge in [0.2, 0.25) is 11.8 Å². The Labute approximate surface area is 125 Å². The number of carbonyl (C=O) groups is 2. The fraction of sp³-hybridized carbons (Fsp3) is 0.562. The van der Waals surface area contributed by atoms with Gasteiger partial charge in [-0.05, 0) is 31.9 Å². The lowest BCUT2D eigenvalue weighted by atomic mass is 9.89. The van der Waals surface area contributed by atoms with Crippen LogP contribution in [0.25, 0.3) is 0 Å². The summed E-state index contributed by atoms with van der Waals surface area (Å²) in [7, 11) is 0. The summed E-state index contributed by atoms with van der Waals surface area (Å²) in [6.45, 7) is 1.91. The molecular formula is C16H23N3O2. The van der Waals surface area contributed by atoms with Crippen molar-refractivity contribution in [3.63, 3.8) is 0 Å². The molecule has 1 aromatic rings. The Bertz CT molecular complexity index is 470. The van der Waals surface area contributed by atoms with Gasteiger partial charge < -0.3 is 10.6 Å². The Balaban J connectivity index is 1.73. The summed E-state index contributed by atoms with van der Waals surface area (Å²) in [5.41, 5.74) is 0.810. The number of nitrogens with one attached hydrogen (secondary N) is 2. The van der Waals surface area contributed by atoms with Gasteiger partial charge in [-0.2, -0.15) is 0 Å². The van der Waals surface area contributed by atoms with Gasteiger partial charge in [0, 0.05) is 12.1 Å². The molecule has 2 amide bonds. The largest absolute Gasteiger partial charge is 0.347 e. The van der Waals surface area contributed by atoms with Crippen LogP contribution in [-0.2, 0) is 9.59 Å². The van der Waals surface area contributed by atoms with E-state index in [0.717, 1.165) is 31.4 Å². The van der Waals surface area contributed by atoms with Crippen LogP contribution in [0.2, 0.25) is 0 Å². The molecule has 114 valence electrons. The van der Waals surface area contributed by atoms with E-state index >= 15 is 0 Å². The van der Waals surface area contributed by atoms with Gasteiger partial charge in [-0.25, -0.2) is 0 Å². The molecule has 1 atom stereocenters. The Hall–Kier alpha value is -1.91. The Morgan fingerprint density at radius 3 is 2.71 bits per heavy atom. The average molecular weight is 289 g/mol. The zero-order chi connectivity index (χ0) is 15.1. The first-order valence-corrected chi connectivity index (χ1v) is 7.65. The third-order valence-electron chi connectivity index (χ3n) is 3.91. The molecule has 1 fully saturated rings. The molecule has 1 aromatic heterocycles. The smallest absolute Gasteiger partial charge is 0.239 e. The molecule has 1 heterocycles. The first-order valence-electron chi connectivity index (χ1n) is 7.65. The van der Waals surface area contributed by atoms with Crippen molar-refractivity contribution in [3.05, 3.63) is 30.1 Å². The highest BCUT2D eigenvalue weighted by molar-refractivity contribution is 5.85. The Morgan fingerprint density at radius 2 is 2.05 bits per heavy atom. The van der Waals surface area contributed by atoms with E-state index in [2.05, 4.69) is 15.6 Å². The predicted molar refractivity (Wildman–Crippen MR) is 80.4 cm³/mol. The minimum Gasteiger partial charge on any atom is -0.347 e. The summed E-state index contributed by atoms with van der Waals surface area (Å²) in [6.07, 6.45) is 7.02. The standard InChI is InChI=1S/C16H23N3O2/c1-12(14-9-5-6-10-17-14)19-15(20)11-18-16(21)13-7-3-2-4-8-13/h5-6,9-10,12-13H,2-4,7-8,11H2,1H3,(H,18,21)(H,19,20)/t12-/m0/s1. The normalized spacial score (nSPS) is 17.0. The number of carbonyl (C=O) groups excluding carboxylic acids is 2. The lowest BCUT2D eigenvalue weighted by Gasteiger charge is -2.21. The molecule has 5 nitrogen and oxygen atoms in total. The van der Waals surface area contributed by atoms with Crippen molar-refractivity contribution in [2.24, 2.45) is 5.92 Å². The van der Waals surface area contributed by atoms with Crippen LogP contribution in [0, 0.1) is 5.92 Å². The number of hydrogen-bond donors (Lipinski definition) is 2. The molecule has 21 heavy (non-hydrogen) atoms. The zero-order valence-corrected chi connectivity index (χ0v) is 12.5. The zero-order valence-electron chi connectivity index (χ0n) is 12.5. The fourth-order valence-electron chi connectivity index (χ4n) is 2.68. The van der Waals surface area contributed by atoms with Gasteiger partial charge in [0.1, 0.15) is 0 Å². The number of amides is 2. The van der Waals surface area contributed by atoms with E-state index in [-0.39, 0.29) is 30.3 Å². The van der Waals surface area contributed by atoms with Crippen LogP contribution < -0.4 is 10.6 Å². The molecule has 1 saturated carbocycles. The van der Waals surface area contributed by atoms with E-state index in [4.69, 9.17) is 0 Å². The first kappa shape index (κ1) is 15.5. The number of hydrogen-bond acceptors (Lipinski definition) is 3. The second kappa shape index (κ2) is 7.76. The summed E-state index contributed by atoms with van der Waals surface area (Å²) in [4.78, 5) is 28.0. The maximum absolute atomic E-state index is 12.0. The lowest BCUT2D eigenvalue weighted by Crippen LogP contribution is -2.40. The molecule has 0 aromatic carbocycles. The molecule has 1 aliphatic rings. The second-order valence-corrected chi connectivity index (χ2v) is 5.60. The quantitative estimate of drug-likeness (QED) is 0.870. The second-order valence-electron chi connectivity index (χ2n) is 5.60. The molecule has 0 unspecified atom stereocenters. The maximum atomic E-state index is 12.0. The Morgan fingerprint density at radius 1 is 1.29 bits per heavy atom. The third kappa shape index (κ3) is 4.85. The molecular weight excluding hydrogens is 266 g/mol. The minimum absolute atomic E-state index is 0.00957. The van der Waals surface area contributed by atoms with Gasteiger partial charge in [-0.1, -0.05) is 25.3 Å². The molecule has 0 radical (unpaired) electrons. The summed E-state index contributed by atoms with van der Waals surface area (Å²) in [6, 6.07) is 5.43. The van der Waals surface area contributed by atoms with Crippen molar-refractivity contribution in [3.8, 4) is 0 Å². The van der Waals surface area contributed by atoms with Gasteiger partial charge in [0.05, 0.1) is 18.3 Å². The molecule has 0 spiro atoms. The van der Waals surface area contributed by atoms with Gasteiger partial charge in [0.25, 0.3) is 0 Å². The predicted octanol–water partition coefficient (Wildman–Crippen LogP) is 1.96. The first-order chi connectivity index (χ1) is 10.2. The third-order valence-corrected chi connectivity index (χ3v) is 3.91. The number of nitrogens with zero attached hydrogens (tertiary/aromatic N) is 1. The van der Waals surface area contributed by atoms with E-state index in [0.29, 0.717) is 0 Å². The van der Waals surface area contributed by atoms with Crippen LogP contribution in [0.4, 0.5) is 0 Å². The molecule has 0 bridgehead atoms. The van der Waals surface area contributed by atoms with Crippen molar-refractivity contribution in [2.75, 3.05) is 6.54 Å². The van der Waals surface area contributed by atoms with Crippen LogP contribution in [0.3, 0.4) is 0 Å².